The van der Waals surface area contributed by atoms with Crippen LogP contribution in [0.5, 0.6) is 0 Å². The molecule has 1 fully saturated rings. The summed E-state index contributed by atoms with van der Waals surface area (Å²) in [7, 11) is 0. The van der Waals surface area contributed by atoms with Crippen LogP contribution >= 0.6 is 15.9 Å². The van der Waals surface area contributed by atoms with E-state index in [-0.39, 0.29) is 5.56 Å². The van der Waals surface area contributed by atoms with Crippen molar-refractivity contribution in [2.75, 3.05) is 13.1 Å². The summed E-state index contributed by atoms with van der Waals surface area (Å²) >= 11 is 3.11. The van der Waals surface area contributed by atoms with Gasteiger partial charge in [-0.15, -0.1) is 0 Å². The minimum absolute atomic E-state index is 0.182. The Kier molecular flexibility index (Phi) is 4.73. The number of benzene rings is 1. The summed E-state index contributed by atoms with van der Waals surface area (Å²) in [5, 5.41) is 0. The van der Waals surface area contributed by atoms with Crippen molar-refractivity contribution in [1.82, 2.24) is 4.90 Å². The summed E-state index contributed by atoms with van der Waals surface area (Å²) in [6.07, 6.45) is 3.49. The van der Waals surface area contributed by atoms with E-state index in [0.717, 1.165) is 25.9 Å². The lowest BCUT2D eigenvalue weighted by atomic mass is 9.95. The molecule has 0 aromatic heterocycles. The molecule has 18 heavy (non-hydrogen) atoms. The van der Waals surface area contributed by atoms with Gasteiger partial charge in [-0.05, 0) is 53.4 Å². The van der Waals surface area contributed by atoms with Crippen LogP contribution in [0.3, 0.4) is 0 Å². The largest absolute Gasteiger partial charge is 0.299 e. The summed E-state index contributed by atoms with van der Waals surface area (Å²) in [5.74, 6) is -0.250. The van der Waals surface area contributed by atoms with Gasteiger partial charge in [0.25, 0.3) is 0 Å². The van der Waals surface area contributed by atoms with Crippen molar-refractivity contribution >= 4 is 15.9 Å². The van der Waals surface area contributed by atoms with Crippen LogP contribution in [0.15, 0.2) is 16.6 Å². The van der Waals surface area contributed by atoms with Crippen LogP contribution in [-0.4, -0.2) is 18.0 Å². The van der Waals surface area contributed by atoms with Crippen molar-refractivity contribution < 1.29 is 8.78 Å². The Morgan fingerprint density at radius 2 is 2.17 bits per heavy atom. The fourth-order valence-corrected chi connectivity index (χ4v) is 2.94. The summed E-state index contributed by atoms with van der Waals surface area (Å²) in [6, 6.07) is 2.74. The first kappa shape index (κ1) is 13.9. The van der Waals surface area contributed by atoms with E-state index in [1.807, 2.05) is 0 Å². The number of likely N-dealkylation sites (tertiary alicyclic amines) is 1. The van der Waals surface area contributed by atoms with E-state index >= 15 is 0 Å². The van der Waals surface area contributed by atoms with Crippen LogP contribution in [0, 0.1) is 17.6 Å². The maximum atomic E-state index is 13.9. The molecule has 1 aliphatic rings. The van der Waals surface area contributed by atoms with E-state index in [0.29, 0.717) is 16.9 Å². The van der Waals surface area contributed by atoms with Gasteiger partial charge in [-0.1, -0.05) is 13.3 Å². The molecule has 1 aromatic rings. The molecule has 0 N–H and O–H groups in total. The molecule has 100 valence electrons. The lowest BCUT2D eigenvalue weighted by Crippen LogP contribution is -2.35. The molecule has 0 spiro atoms. The van der Waals surface area contributed by atoms with E-state index in [1.54, 1.807) is 0 Å². The van der Waals surface area contributed by atoms with Crippen LogP contribution < -0.4 is 0 Å². The molecule has 1 aliphatic heterocycles. The zero-order valence-corrected chi connectivity index (χ0v) is 12.1. The van der Waals surface area contributed by atoms with E-state index in [2.05, 4.69) is 27.8 Å². The number of halogens is 3. The highest BCUT2D eigenvalue weighted by atomic mass is 79.9. The Morgan fingerprint density at radius 1 is 1.39 bits per heavy atom. The fourth-order valence-electron chi connectivity index (χ4n) is 2.57. The number of piperidine rings is 1. The van der Waals surface area contributed by atoms with Crippen LogP contribution in [0.1, 0.15) is 31.7 Å². The molecule has 1 nitrogen and oxygen atoms in total. The highest BCUT2D eigenvalue weighted by Crippen LogP contribution is 2.25. The first-order valence-electron chi connectivity index (χ1n) is 6.46. The minimum Gasteiger partial charge on any atom is -0.299 e. The third kappa shape index (κ3) is 3.09. The van der Waals surface area contributed by atoms with E-state index in [1.165, 1.54) is 18.6 Å². The molecule has 0 saturated carbocycles. The second kappa shape index (κ2) is 6.11. The van der Waals surface area contributed by atoms with Gasteiger partial charge in [0.2, 0.25) is 0 Å². The van der Waals surface area contributed by atoms with Gasteiger partial charge in [0.1, 0.15) is 11.6 Å². The maximum Gasteiger partial charge on any atom is 0.144 e. The highest BCUT2D eigenvalue weighted by molar-refractivity contribution is 9.10. The summed E-state index contributed by atoms with van der Waals surface area (Å²) in [6.45, 7) is 4.42. The first-order chi connectivity index (χ1) is 8.61. The second-order valence-corrected chi connectivity index (χ2v) is 5.83. The molecular weight excluding hydrogens is 300 g/mol. The SMILES string of the molecule is CCC1CCCN(Cc2c(F)ccc(Br)c2F)C1. The van der Waals surface area contributed by atoms with Crippen LogP contribution in [0.2, 0.25) is 0 Å². The molecule has 1 atom stereocenters. The number of hydrogen-bond acceptors (Lipinski definition) is 1. The summed E-state index contributed by atoms with van der Waals surface area (Å²) in [4.78, 5) is 2.16. The number of nitrogens with zero attached hydrogens (tertiary/aromatic N) is 1. The van der Waals surface area contributed by atoms with Crippen LogP contribution in [-0.2, 0) is 6.54 Å². The topological polar surface area (TPSA) is 3.24 Å². The number of hydrogen-bond donors (Lipinski definition) is 0. The molecule has 1 aromatic carbocycles. The lowest BCUT2D eigenvalue weighted by Gasteiger charge is -2.32. The summed E-state index contributed by atoms with van der Waals surface area (Å²) in [5.41, 5.74) is 0.182. The molecular formula is C14H18BrF2N. The molecule has 0 radical (unpaired) electrons. The highest BCUT2D eigenvalue weighted by Gasteiger charge is 2.21. The Bertz CT molecular complexity index is 423. The van der Waals surface area contributed by atoms with E-state index in [4.69, 9.17) is 0 Å². The van der Waals surface area contributed by atoms with Crippen molar-refractivity contribution in [1.29, 1.82) is 0 Å². The number of rotatable bonds is 3. The van der Waals surface area contributed by atoms with Crippen molar-refractivity contribution in [3.8, 4) is 0 Å². The fraction of sp³-hybridized carbons (Fsp3) is 0.571. The quantitative estimate of drug-likeness (QED) is 0.749. The molecule has 2 rings (SSSR count). The molecule has 1 heterocycles. The van der Waals surface area contributed by atoms with Crippen LogP contribution in [0.4, 0.5) is 8.78 Å². The lowest BCUT2D eigenvalue weighted by molar-refractivity contribution is 0.161. The monoisotopic (exact) mass is 317 g/mol. The maximum absolute atomic E-state index is 13.9. The van der Waals surface area contributed by atoms with Crippen LogP contribution in [0.25, 0.3) is 0 Å². The smallest absolute Gasteiger partial charge is 0.144 e. The van der Waals surface area contributed by atoms with Gasteiger partial charge >= 0.3 is 0 Å². The normalized spacial score (nSPS) is 21.2. The van der Waals surface area contributed by atoms with Crippen molar-refractivity contribution in [3.63, 3.8) is 0 Å². The average molecular weight is 318 g/mol. The minimum atomic E-state index is -0.464. The van der Waals surface area contributed by atoms with Gasteiger partial charge in [-0.2, -0.15) is 0 Å². The predicted octanol–water partition coefficient (Wildman–Crippen LogP) is 4.35. The average Bonchev–Trinajstić information content (AvgIpc) is 2.39. The molecule has 4 heteroatoms. The third-order valence-corrected chi connectivity index (χ3v) is 4.31. The Balaban J connectivity index is 2.11. The second-order valence-electron chi connectivity index (χ2n) is 4.97. The molecule has 1 saturated heterocycles. The first-order valence-corrected chi connectivity index (χ1v) is 7.25. The molecule has 0 aliphatic carbocycles. The van der Waals surface area contributed by atoms with Gasteiger partial charge in [0.05, 0.1) is 4.47 Å². The molecule has 0 amide bonds. The molecule has 1 unspecified atom stereocenters. The van der Waals surface area contributed by atoms with Gasteiger partial charge in [0.15, 0.2) is 0 Å². The zero-order valence-electron chi connectivity index (χ0n) is 10.6. The van der Waals surface area contributed by atoms with E-state index < -0.39 is 11.6 Å². The predicted molar refractivity (Wildman–Crippen MR) is 72.4 cm³/mol. The Labute approximate surface area is 115 Å². The third-order valence-electron chi connectivity index (χ3n) is 3.70. The summed E-state index contributed by atoms with van der Waals surface area (Å²) < 4.78 is 27.9. The standard InChI is InChI=1S/C14H18BrF2N/c1-2-10-4-3-7-18(8-10)9-11-13(16)6-5-12(15)14(11)17/h5-6,10H,2-4,7-9H2,1H3. The van der Waals surface area contributed by atoms with Crippen molar-refractivity contribution in [2.24, 2.45) is 5.92 Å². The molecule has 0 bridgehead atoms. The Hall–Kier alpha value is -0.480. The zero-order chi connectivity index (χ0) is 13.1. The van der Waals surface area contributed by atoms with E-state index in [9.17, 15) is 8.78 Å². The van der Waals surface area contributed by atoms with Gasteiger partial charge in [-0.3, -0.25) is 4.90 Å². The van der Waals surface area contributed by atoms with Gasteiger partial charge in [0, 0.05) is 18.7 Å². The van der Waals surface area contributed by atoms with Gasteiger partial charge in [-0.25, -0.2) is 8.78 Å². The van der Waals surface area contributed by atoms with Crippen molar-refractivity contribution in [2.45, 2.75) is 32.7 Å². The van der Waals surface area contributed by atoms with Crippen molar-refractivity contribution in [3.05, 3.63) is 33.8 Å². The van der Waals surface area contributed by atoms with Gasteiger partial charge < -0.3 is 0 Å². The Morgan fingerprint density at radius 3 is 2.89 bits per heavy atom.